The van der Waals surface area contributed by atoms with Crippen molar-refractivity contribution in [1.29, 1.82) is 5.26 Å². The van der Waals surface area contributed by atoms with Gasteiger partial charge < -0.3 is 10.4 Å². The van der Waals surface area contributed by atoms with Crippen molar-refractivity contribution < 1.29 is 9.90 Å². The van der Waals surface area contributed by atoms with Gasteiger partial charge in [-0.2, -0.15) is 5.26 Å². The predicted octanol–water partition coefficient (Wildman–Crippen LogP) is 1.76. The standard InChI is InChI=1S/C12H10N4O2S/c13-5-8-1-2-9(6-15-8)14-4-3-11-16-10(7-19-11)12(17)18/h1-2,6-7,14H,3-4H2,(H,17,18). The average molecular weight is 274 g/mol. The zero-order valence-corrected chi connectivity index (χ0v) is 10.6. The lowest BCUT2D eigenvalue weighted by Crippen LogP contribution is -2.05. The summed E-state index contributed by atoms with van der Waals surface area (Å²) in [6.45, 7) is 0.625. The Hall–Kier alpha value is -2.46. The van der Waals surface area contributed by atoms with E-state index in [1.807, 2.05) is 6.07 Å². The molecule has 0 saturated carbocycles. The van der Waals surface area contributed by atoms with Crippen molar-refractivity contribution in [3.05, 3.63) is 40.1 Å². The maximum Gasteiger partial charge on any atom is 0.355 e. The molecule has 96 valence electrons. The SMILES string of the molecule is N#Cc1ccc(NCCc2nc(C(=O)O)cs2)cn1. The Balaban J connectivity index is 1.85. The number of hydrogen-bond acceptors (Lipinski definition) is 6. The summed E-state index contributed by atoms with van der Waals surface area (Å²) in [7, 11) is 0. The third-order valence-corrected chi connectivity index (χ3v) is 3.23. The molecule has 0 aromatic carbocycles. The molecule has 2 aromatic rings. The van der Waals surface area contributed by atoms with Crippen molar-refractivity contribution in [2.75, 3.05) is 11.9 Å². The van der Waals surface area contributed by atoms with Gasteiger partial charge in [-0.1, -0.05) is 0 Å². The van der Waals surface area contributed by atoms with Gasteiger partial charge in [-0.3, -0.25) is 0 Å². The molecule has 2 N–H and O–H groups in total. The molecule has 6 nitrogen and oxygen atoms in total. The van der Waals surface area contributed by atoms with E-state index in [9.17, 15) is 4.79 Å². The minimum atomic E-state index is -1.01. The van der Waals surface area contributed by atoms with Gasteiger partial charge in [-0.25, -0.2) is 14.8 Å². The Morgan fingerprint density at radius 3 is 2.95 bits per heavy atom. The molecule has 0 spiro atoms. The van der Waals surface area contributed by atoms with E-state index in [-0.39, 0.29) is 5.69 Å². The molecule has 0 saturated heterocycles. The molecule has 0 aliphatic rings. The average Bonchev–Trinajstić information content (AvgIpc) is 2.89. The van der Waals surface area contributed by atoms with Gasteiger partial charge in [0, 0.05) is 18.3 Å². The van der Waals surface area contributed by atoms with E-state index in [0.717, 1.165) is 10.7 Å². The van der Waals surface area contributed by atoms with E-state index >= 15 is 0 Å². The fourth-order valence-corrected chi connectivity index (χ4v) is 2.17. The van der Waals surface area contributed by atoms with Crippen molar-refractivity contribution in [1.82, 2.24) is 9.97 Å². The topological polar surface area (TPSA) is 98.9 Å². The first-order valence-corrected chi connectivity index (χ1v) is 6.34. The van der Waals surface area contributed by atoms with Crippen LogP contribution in [0.5, 0.6) is 0 Å². The highest BCUT2D eigenvalue weighted by Gasteiger charge is 2.07. The van der Waals surface area contributed by atoms with Gasteiger partial charge in [0.05, 0.1) is 16.9 Å². The van der Waals surface area contributed by atoms with Crippen LogP contribution in [0.25, 0.3) is 0 Å². The van der Waals surface area contributed by atoms with Crippen molar-refractivity contribution in [2.45, 2.75) is 6.42 Å². The number of aromatic nitrogens is 2. The van der Waals surface area contributed by atoms with Crippen molar-refractivity contribution in [3.8, 4) is 6.07 Å². The number of nitriles is 1. The van der Waals surface area contributed by atoms with Crippen LogP contribution in [0.4, 0.5) is 5.69 Å². The summed E-state index contributed by atoms with van der Waals surface area (Å²) in [5, 5.41) is 22.8. The van der Waals surface area contributed by atoms with Crippen molar-refractivity contribution in [2.24, 2.45) is 0 Å². The van der Waals surface area contributed by atoms with Gasteiger partial charge in [0.1, 0.15) is 11.8 Å². The zero-order chi connectivity index (χ0) is 13.7. The lowest BCUT2D eigenvalue weighted by molar-refractivity contribution is 0.0691. The highest BCUT2D eigenvalue weighted by Crippen LogP contribution is 2.11. The second-order valence-corrected chi connectivity index (χ2v) is 4.59. The highest BCUT2D eigenvalue weighted by atomic mass is 32.1. The Morgan fingerprint density at radius 2 is 2.37 bits per heavy atom. The first-order chi connectivity index (χ1) is 9.19. The number of hydrogen-bond donors (Lipinski definition) is 2. The summed E-state index contributed by atoms with van der Waals surface area (Å²) in [4.78, 5) is 18.6. The van der Waals surface area contributed by atoms with Gasteiger partial charge in [0.2, 0.25) is 0 Å². The van der Waals surface area contributed by atoms with Crippen LogP contribution in [0, 0.1) is 11.3 Å². The Labute approximate surface area is 113 Å². The number of thiazole rings is 1. The quantitative estimate of drug-likeness (QED) is 0.862. The second kappa shape index (κ2) is 5.93. The Kier molecular flexibility index (Phi) is 4.05. The number of anilines is 1. The van der Waals surface area contributed by atoms with Crippen LogP contribution in [0.2, 0.25) is 0 Å². The van der Waals surface area contributed by atoms with Crippen LogP contribution in [-0.2, 0) is 6.42 Å². The van der Waals surface area contributed by atoms with Gasteiger partial charge in [0.25, 0.3) is 0 Å². The van der Waals surface area contributed by atoms with E-state index in [1.54, 1.807) is 18.3 Å². The Bertz CT molecular complexity index is 615. The van der Waals surface area contributed by atoms with Crippen LogP contribution in [0.1, 0.15) is 21.2 Å². The summed E-state index contributed by atoms with van der Waals surface area (Å²) in [6.07, 6.45) is 2.22. The van der Waals surface area contributed by atoms with Crippen molar-refractivity contribution in [3.63, 3.8) is 0 Å². The Morgan fingerprint density at radius 1 is 1.53 bits per heavy atom. The smallest absolute Gasteiger partial charge is 0.355 e. The number of carboxylic acids is 1. The number of nitrogens with one attached hydrogen (secondary N) is 1. The largest absolute Gasteiger partial charge is 0.476 e. The molecule has 0 fully saturated rings. The lowest BCUT2D eigenvalue weighted by atomic mass is 10.3. The molecule has 0 atom stereocenters. The van der Waals surface area contributed by atoms with E-state index in [0.29, 0.717) is 18.7 Å². The van der Waals surface area contributed by atoms with Crippen LogP contribution in [0.15, 0.2) is 23.7 Å². The molecule has 0 amide bonds. The molecular weight excluding hydrogens is 264 g/mol. The molecule has 0 radical (unpaired) electrons. The van der Waals surface area contributed by atoms with Crippen LogP contribution < -0.4 is 5.32 Å². The summed E-state index contributed by atoms with van der Waals surface area (Å²) < 4.78 is 0. The molecule has 0 aliphatic heterocycles. The third-order valence-electron chi connectivity index (χ3n) is 2.32. The fraction of sp³-hybridized carbons (Fsp3) is 0.167. The van der Waals surface area contributed by atoms with Gasteiger partial charge >= 0.3 is 5.97 Å². The van der Waals surface area contributed by atoms with E-state index in [4.69, 9.17) is 10.4 Å². The summed E-state index contributed by atoms with van der Waals surface area (Å²) in [6, 6.07) is 5.35. The van der Waals surface area contributed by atoms with Gasteiger partial charge in [0.15, 0.2) is 5.69 Å². The maximum atomic E-state index is 10.7. The molecule has 2 aromatic heterocycles. The minimum Gasteiger partial charge on any atom is -0.476 e. The molecule has 7 heteroatoms. The van der Waals surface area contributed by atoms with Gasteiger partial charge in [-0.05, 0) is 12.1 Å². The first-order valence-electron chi connectivity index (χ1n) is 5.47. The highest BCUT2D eigenvalue weighted by molar-refractivity contribution is 7.09. The summed E-state index contributed by atoms with van der Waals surface area (Å²) >= 11 is 1.33. The first kappa shape index (κ1) is 13.0. The van der Waals surface area contributed by atoms with Gasteiger partial charge in [-0.15, -0.1) is 11.3 Å². The normalized spacial score (nSPS) is 9.84. The van der Waals surface area contributed by atoms with E-state index < -0.39 is 5.97 Å². The molecular formula is C12H10N4O2S. The summed E-state index contributed by atoms with van der Waals surface area (Å²) in [5.41, 5.74) is 1.27. The number of carboxylic acid groups (broad SMARTS) is 1. The van der Waals surface area contributed by atoms with Crippen molar-refractivity contribution >= 4 is 23.0 Å². The number of pyridine rings is 1. The maximum absolute atomic E-state index is 10.7. The zero-order valence-electron chi connectivity index (χ0n) is 9.83. The van der Waals surface area contributed by atoms with Crippen LogP contribution >= 0.6 is 11.3 Å². The number of nitrogens with zero attached hydrogens (tertiary/aromatic N) is 3. The second-order valence-electron chi connectivity index (χ2n) is 3.65. The molecule has 0 aliphatic carbocycles. The monoisotopic (exact) mass is 274 g/mol. The molecule has 2 heterocycles. The molecule has 19 heavy (non-hydrogen) atoms. The predicted molar refractivity (Wildman–Crippen MR) is 70.2 cm³/mol. The van der Waals surface area contributed by atoms with E-state index in [2.05, 4.69) is 15.3 Å². The fourth-order valence-electron chi connectivity index (χ4n) is 1.40. The molecule has 0 unspecified atom stereocenters. The minimum absolute atomic E-state index is 0.0834. The number of carbonyl (C=O) groups is 1. The third kappa shape index (κ3) is 3.50. The number of rotatable bonds is 5. The number of aromatic carboxylic acids is 1. The molecule has 2 rings (SSSR count). The van der Waals surface area contributed by atoms with E-state index in [1.165, 1.54) is 16.7 Å². The lowest BCUT2D eigenvalue weighted by Gasteiger charge is -2.03. The molecule has 0 bridgehead atoms. The van der Waals surface area contributed by atoms with Crippen LogP contribution in [-0.4, -0.2) is 27.6 Å². The summed E-state index contributed by atoms with van der Waals surface area (Å²) in [5.74, 6) is -1.01. The van der Waals surface area contributed by atoms with Crippen LogP contribution in [0.3, 0.4) is 0 Å².